The number of imidazole rings is 1. The Hall–Kier alpha value is -2.24. The lowest BCUT2D eigenvalue weighted by molar-refractivity contribution is 0.151. The van der Waals surface area contributed by atoms with Gasteiger partial charge in [0.15, 0.2) is 0 Å². The predicted molar refractivity (Wildman–Crippen MR) is 92.3 cm³/mol. The standard InChI is InChI=1S/C19H21FN4/c1-14-4-3-8-24-17(11-22-19(14)24)13-23-9-7-21-12-18(23)15-5-2-6-16(20)10-15/h2-6,8,10-11,18,21H,7,9,12-13H2,1H3. The van der Waals surface area contributed by atoms with Gasteiger partial charge in [-0.3, -0.25) is 4.90 Å². The molecule has 0 aliphatic carbocycles. The number of pyridine rings is 1. The van der Waals surface area contributed by atoms with Crippen LogP contribution in [0.4, 0.5) is 4.39 Å². The Morgan fingerprint density at radius 1 is 1.29 bits per heavy atom. The molecule has 1 aliphatic rings. The minimum atomic E-state index is -0.177. The largest absolute Gasteiger partial charge is 0.314 e. The number of nitrogens with zero attached hydrogens (tertiary/aromatic N) is 3. The molecule has 4 nitrogen and oxygen atoms in total. The van der Waals surface area contributed by atoms with Gasteiger partial charge in [0.1, 0.15) is 11.5 Å². The van der Waals surface area contributed by atoms with Gasteiger partial charge in [0, 0.05) is 38.4 Å². The first-order chi connectivity index (χ1) is 11.7. The molecule has 5 heteroatoms. The lowest BCUT2D eigenvalue weighted by Crippen LogP contribution is -2.45. The Balaban J connectivity index is 1.64. The molecule has 124 valence electrons. The van der Waals surface area contributed by atoms with Gasteiger partial charge in [-0.05, 0) is 36.2 Å². The minimum absolute atomic E-state index is 0.171. The third-order valence-electron chi connectivity index (χ3n) is 4.76. The minimum Gasteiger partial charge on any atom is -0.314 e. The highest BCUT2D eigenvalue weighted by atomic mass is 19.1. The lowest BCUT2D eigenvalue weighted by atomic mass is 10.0. The number of hydrogen-bond acceptors (Lipinski definition) is 3. The zero-order chi connectivity index (χ0) is 16.5. The Morgan fingerprint density at radius 2 is 2.21 bits per heavy atom. The second-order valence-electron chi connectivity index (χ2n) is 6.38. The zero-order valence-corrected chi connectivity index (χ0v) is 13.7. The molecule has 24 heavy (non-hydrogen) atoms. The van der Waals surface area contributed by atoms with Crippen LogP contribution in [0.15, 0.2) is 48.8 Å². The molecule has 2 aromatic heterocycles. The summed E-state index contributed by atoms with van der Waals surface area (Å²) in [7, 11) is 0. The molecule has 4 rings (SSSR count). The van der Waals surface area contributed by atoms with Crippen molar-refractivity contribution in [3.05, 3.63) is 71.4 Å². The monoisotopic (exact) mass is 324 g/mol. The molecular weight excluding hydrogens is 303 g/mol. The first-order valence-electron chi connectivity index (χ1n) is 8.34. The van der Waals surface area contributed by atoms with Crippen molar-refractivity contribution < 1.29 is 4.39 Å². The summed E-state index contributed by atoms with van der Waals surface area (Å²) in [6, 6.07) is 11.2. The molecule has 1 aromatic carbocycles. The molecule has 0 saturated carbocycles. The van der Waals surface area contributed by atoms with Crippen LogP contribution in [0.2, 0.25) is 0 Å². The van der Waals surface area contributed by atoms with Gasteiger partial charge >= 0.3 is 0 Å². The number of hydrogen-bond donors (Lipinski definition) is 1. The van der Waals surface area contributed by atoms with Crippen molar-refractivity contribution in [3.63, 3.8) is 0 Å². The quantitative estimate of drug-likeness (QED) is 0.804. The summed E-state index contributed by atoms with van der Waals surface area (Å²) in [6.45, 7) is 5.58. The van der Waals surface area contributed by atoms with E-state index < -0.39 is 0 Å². The molecule has 0 spiro atoms. The van der Waals surface area contributed by atoms with Crippen LogP contribution in [-0.4, -0.2) is 33.9 Å². The van der Waals surface area contributed by atoms with E-state index in [0.29, 0.717) is 0 Å². The summed E-state index contributed by atoms with van der Waals surface area (Å²) in [5.74, 6) is -0.177. The topological polar surface area (TPSA) is 32.6 Å². The van der Waals surface area contributed by atoms with Crippen molar-refractivity contribution in [2.75, 3.05) is 19.6 Å². The van der Waals surface area contributed by atoms with E-state index in [1.807, 2.05) is 12.3 Å². The number of aromatic nitrogens is 2. The molecular formula is C19H21FN4. The summed E-state index contributed by atoms with van der Waals surface area (Å²) >= 11 is 0. The van der Waals surface area contributed by atoms with Gasteiger partial charge in [-0.25, -0.2) is 9.37 Å². The number of aryl methyl sites for hydroxylation is 1. The van der Waals surface area contributed by atoms with Crippen LogP contribution in [0.25, 0.3) is 5.65 Å². The number of halogens is 1. The second kappa shape index (κ2) is 6.34. The van der Waals surface area contributed by atoms with Crippen LogP contribution in [0.1, 0.15) is 22.9 Å². The van der Waals surface area contributed by atoms with Crippen molar-refractivity contribution in [1.29, 1.82) is 0 Å². The van der Waals surface area contributed by atoms with E-state index in [4.69, 9.17) is 0 Å². The van der Waals surface area contributed by atoms with Crippen molar-refractivity contribution >= 4 is 5.65 Å². The summed E-state index contributed by atoms with van der Waals surface area (Å²) < 4.78 is 15.8. The fourth-order valence-electron chi connectivity index (χ4n) is 3.51. The van der Waals surface area contributed by atoms with E-state index in [-0.39, 0.29) is 11.9 Å². The number of benzene rings is 1. The fraction of sp³-hybridized carbons (Fsp3) is 0.316. The van der Waals surface area contributed by atoms with E-state index in [9.17, 15) is 4.39 Å². The number of nitrogens with one attached hydrogen (secondary N) is 1. The molecule has 1 unspecified atom stereocenters. The van der Waals surface area contributed by atoms with Crippen LogP contribution in [-0.2, 0) is 6.54 Å². The highest BCUT2D eigenvalue weighted by Crippen LogP contribution is 2.25. The van der Waals surface area contributed by atoms with Gasteiger partial charge in [0.2, 0.25) is 0 Å². The Labute approximate surface area is 140 Å². The molecule has 1 fully saturated rings. The molecule has 1 atom stereocenters. The third-order valence-corrected chi connectivity index (χ3v) is 4.76. The SMILES string of the molecule is Cc1cccn2c(CN3CCNCC3c3cccc(F)c3)cnc12. The molecule has 1 aliphatic heterocycles. The van der Waals surface area contributed by atoms with Gasteiger partial charge in [0.05, 0.1) is 11.9 Å². The maximum absolute atomic E-state index is 13.6. The third kappa shape index (κ3) is 2.81. The number of piperazine rings is 1. The van der Waals surface area contributed by atoms with Crippen LogP contribution < -0.4 is 5.32 Å². The second-order valence-corrected chi connectivity index (χ2v) is 6.38. The molecule has 0 bridgehead atoms. The maximum Gasteiger partial charge on any atom is 0.139 e. The Morgan fingerprint density at radius 3 is 3.08 bits per heavy atom. The molecule has 1 saturated heterocycles. The smallest absolute Gasteiger partial charge is 0.139 e. The summed E-state index contributed by atoms with van der Waals surface area (Å²) in [4.78, 5) is 6.96. The predicted octanol–water partition coefficient (Wildman–Crippen LogP) is 2.93. The van der Waals surface area contributed by atoms with Crippen LogP contribution in [0.3, 0.4) is 0 Å². The van der Waals surface area contributed by atoms with E-state index in [2.05, 4.69) is 44.9 Å². The zero-order valence-electron chi connectivity index (χ0n) is 13.7. The van der Waals surface area contributed by atoms with Gasteiger partial charge in [-0.2, -0.15) is 0 Å². The lowest BCUT2D eigenvalue weighted by Gasteiger charge is -2.36. The summed E-state index contributed by atoms with van der Waals surface area (Å²) in [6.07, 6.45) is 4.01. The van der Waals surface area contributed by atoms with Gasteiger partial charge in [0.25, 0.3) is 0 Å². The Bertz CT molecular complexity index is 857. The molecule has 3 aromatic rings. The normalized spacial score (nSPS) is 19.0. The van der Waals surface area contributed by atoms with Crippen LogP contribution in [0, 0.1) is 12.7 Å². The van der Waals surface area contributed by atoms with Crippen molar-refractivity contribution in [2.24, 2.45) is 0 Å². The molecule has 1 N–H and O–H groups in total. The van der Waals surface area contributed by atoms with Crippen molar-refractivity contribution in [1.82, 2.24) is 19.6 Å². The average Bonchev–Trinajstić information content (AvgIpc) is 3.00. The summed E-state index contributed by atoms with van der Waals surface area (Å²) in [5.41, 5.74) is 4.36. The highest BCUT2D eigenvalue weighted by molar-refractivity contribution is 5.48. The van der Waals surface area contributed by atoms with Gasteiger partial charge < -0.3 is 9.72 Å². The van der Waals surface area contributed by atoms with Gasteiger partial charge in [-0.15, -0.1) is 0 Å². The van der Waals surface area contributed by atoms with Crippen molar-refractivity contribution in [2.45, 2.75) is 19.5 Å². The summed E-state index contributed by atoms with van der Waals surface area (Å²) in [5, 5.41) is 3.42. The van der Waals surface area contributed by atoms with E-state index in [0.717, 1.165) is 43.1 Å². The highest BCUT2D eigenvalue weighted by Gasteiger charge is 2.25. The maximum atomic E-state index is 13.6. The average molecular weight is 324 g/mol. The Kier molecular flexibility index (Phi) is 4.04. The molecule has 3 heterocycles. The fourth-order valence-corrected chi connectivity index (χ4v) is 3.51. The van der Waals surface area contributed by atoms with Crippen LogP contribution in [0.5, 0.6) is 0 Å². The van der Waals surface area contributed by atoms with Crippen LogP contribution >= 0.6 is 0 Å². The van der Waals surface area contributed by atoms with E-state index in [1.165, 1.54) is 11.6 Å². The molecule has 0 radical (unpaired) electrons. The first-order valence-corrected chi connectivity index (χ1v) is 8.34. The van der Waals surface area contributed by atoms with E-state index in [1.54, 1.807) is 12.1 Å². The van der Waals surface area contributed by atoms with Gasteiger partial charge in [-0.1, -0.05) is 18.2 Å². The van der Waals surface area contributed by atoms with E-state index >= 15 is 0 Å². The first kappa shape index (κ1) is 15.3. The van der Waals surface area contributed by atoms with Crippen molar-refractivity contribution in [3.8, 4) is 0 Å². The number of fused-ring (bicyclic) bond motifs is 1. The molecule has 0 amide bonds. The number of rotatable bonds is 3.